The molecular weight excluding hydrogens is 264 g/mol. The van der Waals surface area contributed by atoms with Gasteiger partial charge in [-0.1, -0.05) is 18.2 Å². The summed E-state index contributed by atoms with van der Waals surface area (Å²) in [6.45, 7) is 0.705. The average Bonchev–Trinajstić information content (AvgIpc) is 3.29. The van der Waals surface area contributed by atoms with E-state index in [0.29, 0.717) is 19.1 Å². The highest BCUT2D eigenvalue weighted by Gasteiger charge is 2.24. The Morgan fingerprint density at radius 2 is 2.19 bits per heavy atom. The van der Waals surface area contributed by atoms with Crippen molar-refractivity contribution in [3.8, 4) is 0 Å². The Hall–Kier alpha value is -2.14. The van der Waals surface area contributed by atoms with Gasteiger partial charge in [-0.15, -0.1) is 0 Å². The maximum absolute atomic E-state index is 11.9. The maximum Gasteiger partial charge on any atom is 0.239 e. The van der Waals surface area contributed by atoms with Crippen LogP contribution in [0.3, 0.4) is 0 Å². The normalized spacial score (nSPS) is 14.2. The van der Waals surface area contributed by atoms with Crippen LogP contribution in [-0.2, 0) is 11.3 Å². The first-order valence-corrected chi connectivity index (χ1v) is 7.26. The molecule has 0 spiro atoms. The highest BCUT2D eigenvalue weighted by atomic mass is 16.2. The first kappa shape index (κ1) is 13.8. The maximum atomic E-state index is 11.9. The molecule has 0 aliphatic heterocycles. The number of rotatable bonds is 5. The Morgan fingerprint density at radius 3 is 2.90 bits per heavy atom. The first-order valence-electron chi connectivity index (χ1n) is 7.26. The van der Waals surface area contributed by atoms with Gasteiger partial charge in [0.05, 0.1) is 12.1 Å². The van der Waals surface area contributed by atoms with Crippen molar-refractivity contribution in [1.29, 1.82) is 0 Å². The molecule has 1 aromatic carbocycles. The van der Waals surface area contributed by atoms with Gasteiger partial charge in [-0.25, -0.2) is 4.98 Å². The second kappa shape index (κ2) is 5.69. The van der Waals surface area contributed by atoms with E-state index in [2.05, 4.69) is 10.3 Å². The van der Waals surface area contributed by atoms with Crippen molar-refractivity contribution in [3.63, 3.8) is 0 Å². The summed E-state index contributed by atoms with van der Waals surface area (Å²) in [6, 6.07) is 10.4. The van der Waals surface area contributed by atoms with Crippen LogP contribution in [0.25, 0.3) is 10.9 Å². The van der Waals surface area contributed by atoms with Crippen molar-refractivity contribution in [2.75, 3.05) is 18.5 Å². The molecule has 5 heteroatoms. The Balaban J connectivity index is 1.84. The predicted octanol–water partition coefficient (Wildman–Crippen LogP) is 1.41. The molecular formula is C16H20N4O. The number of aromatic nitrogens is 1. The number of nitrogens with one attached hydrogen (secondary N) is 1. The minimum atomic E-state index is 0.0398. The standard InChI is InChI=1S/C16H20N4O/c1-20(10-15(21)18-13-6-7-13)16-12(9-17)8-11-4-2-3-5-14(11)19-16/h2-5,8,13H,6-7,9-10,17H2,1H3,(H,18,21). The van der Waals surface area contributed by atoms with E-state index in [1.165, 1.54) is 0 Å². The quantitative estimate of drug-likeness (QED) is 0.871. The van der Waals surface area contributed by atoms with Crippen LogP contribution in [0, 0.1) is 0 Å². The average molecular weight is 284 g/mol. The molecule has 21 heavy (non-hydrogen) atoms. The molecule has 1 saturated carbocycles. The van der Waals surface area contributed by atoms with Gasteiger partial charge >= 0.3 is 0 Å². The molecule has 0 unspecified atom stereocenters. The van der Waals surface area contributed by atoms with Gasteiger partial charge in [-0.05, 0) is 25.0 Å². The molecule has 1 aromatic heterocycles. The number of benzene rings is 1. The van der Waals surface area contributed by atoms with E-state index in [1.807, 2.05) is 42.3 Å². The zero-order valence-corrected chi connectivity index (χ0v) is 12.2. The molecule has 1 aliphatic carbocycles. The van der Waals surface area contributed by atoms with E-state index in [9.17, 15) is 4.79 Å². The highest BCUT2D eigenvalue weighted by Crippen LogP contribution is 2.23. The van der Waals surface area contributed by atoms with E-state index < -0.39 is 0 Å². The van der Waals surface area contributed by atoms with Crippen molar-refractivity contribution in [3.05, 3.63) is 35.9 Å². The molecule has 1 heterocycles. The van der Waals surface area contributed by atoms with Gasteiger partial charge in [0, 0.05) is 30.6 Å². The fourth-order valence-corrected chi connectivity index (χ4v) is 2.42. The second-order valence-corrected chi connectivity index (χ2v) is 5.57. The molecule has 1 amide bonds. The van der Waals surface area contributed by atoms with Gasteiger partial charge < -0.3 is 16.0 Å². The monoisotopic (exact) mass is 284 g/mol. The molecule has 1 fully saturated rings. The molecule has 0 bridgehead atoms. The van der Waals surface area contributed by atoms with Crippen molar-refractivity contribution < 1.29 is 4.79 Å². The lowest BCUT2D eigenvalue weighted by Gasteiger charge is -2.21. The van der Waals surface area contributed by atoms with E-state index in [-0.39, 0.29) is 5.91 Å². The SMILES string of the molecule is CN(CC(=O)NC1CC1)c1nc2ccccc2cc1CN. The minimum Gasteiger partial charge on any atom is -0.352 e. The molecule has 0 saturated heterocycles. The van der Waals surface area contributed by atoms with Crippen LogP contribution in [0.15, 0.2) is 30.3 Å². The van der Waals surface area contributed by atoms with E-state index in [1.54, 1.807) is 0 Å². The number of hydrogen-bond donors (Lipinski definition) is 2. The Morgan fingerprint density at radius 1 is 1.43 bits per heavy atom. The number of likely N-dealkylation sites (N-methyl/N-ethyl adjacent to an activating group) is 1. The number of carbonyl (C=O) groups is 1. The van der Waals surface area contributed by atoms with Crippen molar-refractivity contribution in [2.45, 2.75) is 25.4 Å². The topological polar surface area (TPSA) is 71.2 Å². The summed E-state index contributed by atoms with van der Waals surface area (Å²) in [7, 11) is 1.88. The molecule has 0 radical (unpaired) electrons. The lowest BCUT2D eigenvalue weighted by molar-refractivity contribution is -0.119. The Labute approximate surface area is 124 Å². The number of para-hydroxylation sites is 1. The van der Waals surface area contributed by atoms with Crippen LogP contribution in [-0.4, -0.2) is 30.5 Å². The largest absolute Gasteiger partial charge is 0.352 e. The summed E-state index contributed by atoms with van der Waals surface area (Å²) in [5, 5.41) is 4.06. The third kappa shape index (κ3) is 3.13. The summed E-state index contributed by atoms with van der Waals surface area (Å²) >= 11 is 0. The molecule has 2 aromatic rings. The summed E-state index contributed by atoms with van der Waals surface area (Å²) in [6.07, 6.45) is 2.19. The second-order valence-electron chi connectivity index (χ2n) is 5.57. The Kier molecular flexibility index (Phi) is 3.75. The number of fused-ring (bicyclic) bond motifs is 1. The lowest BCUT2D eigenvalue weighted by Crippen LogP contribution is -2.37. The number of nitrogens with two attached hydrogens (primary N) is 1. The highest BCUT2D eigenvalue weighted by molar-refractivity contribution is 5.84. The number of pyridine rings is 1. The molecule has 3 N–H and O–H groups in total. The number of amides is 1. The summed E-state index contributed by atoms with van der Waals surface area (Å²) in [5.41, 5.74) is 7.70. The van der Waals surface area contributed by atoms with Crippen molar-refractivity contribution in [2.24, 2.45) is 5.73 Å². The van der Waals surface area contributed by atoms with Gasteiger partial charge in [-0.3, -0.25) is 4.79 Å². The molecule has 5 nitrogen and oxygen atoms in total. The van der Waals surface area contributed by atoms with Crippen molar-refractivity contribution >= 4 is 22.6 Å². The van der Waals surface area contributed by atoms with Gasteiger partial charge in [0.15, 0.2) is 0 Å². The van der Waals surface area contributed by atoms with Crippen LogP contribution >= 0.6 is 0 Å². The Bertz CT molecular complexity index is 666. The summed E-state index contributed by atoms with van der Waals surface area (Å²) in [5.74, 6) is 0.820. The van der Waals surface area contributed by atoms with Gasteiger partial charge in [-0.2, -0.15) is 0 Å². The summed E-state index contributed by atoms with van der Waals surface area (Å²) < 4.78 is 0. The zero-order valence-electron chi connectivity index (χ0n) is 12.2. The molecule has 1 aliphatic rings. The number of nitrogens with zero attached hydrogens (tertiary/aromatic N) is 2. The third-order valence-corrected chi connectivity index (χ3v) is 3.68. The predicted molar refractivity (Wildman–Crippen MR) is 84.1 cm³/mol. The fraction of sp³-hybridized carbons (Fsp3) is 0.375. The number of anilines is 1. The fourth-order valence-electron chi connectivity index (χ4n) is 2.42. The third-order valence-electron chi connectivity index (χ3n) is 3.68. The van der Waals surface area contributed by atoms with Crippen LogP contribution in [0.4, 0.5) is 5.82 Å². The smallest absolute Gasteiger partial charge is 0.239 e. The molecule has 3 rings (SSSR count). The summed E-state index contributed by atoms with van der Waals surface area (Å²) in [4.78, 5) is 18.5. The zero-order chi connectivity index (χ0) is 14.8. The van der Waals surface area contributed by atoms with Gasteiger partial charge in [0.1, 0.15) is 5.82 Å². The minimum absolute atomic E-state index is 0.0398. The van der Waals surface area contributed by atoms with Crippen molar-refractivity contribution in [1.82, 2.24) is 10.3 Å². The number of carbonyl (C=O) groups excluding carboxylic acids is 1. The van der Waals surface area contributed by atoms with Crippen LogP contribution in [0.2, 0.25) is 0 Å². The molecule has 0 atom stereocenters. The molecule has 110 valence electrons. The van der Waals surface area contributed by atoms with Crippen LogP contribution < -0.4 is 16.0 Å². The van der Waals surface area contributed by atoms with Crippen LogP contribution in [0.1, 0.15) is 18.4 Å². The van der Waals surface area contributed by atoms with Gasteiger partial charge in [0.2, 0.25) is 5.91 Å². The number of hydrogen-bond acceptors (Lipinski definition) is 4. The van der Waals surface area contributed by atoms with E-state index in [0.717, 1.165) is 35.1 Å². The van der Waals surface area contributed by atoms with Gasteiger partial charge in [0.25, 0.3) is 0 Å². The first-order chi connectivity index (χ1) is 10.2. The van der Waals surface area contributed by atoms with E-state index >= 15 is 0 Å². The van der Waals surface area contributed by atoms with E-state index in [4.69, 9.17) is 5.73 Å². The van der Waals surface area contributed by atoms with Crippen LogP contribution in [0.5, 0.6) is 0 Å². The lowest BCUT2D eigenvalue weighted by atomic mass is 10.1.